The van der Waals surface area contributed by atoms with Crippen molar-refractivity contribution in [2.75, 3.05) is 0 Å². The van der Waals surface area contributed by atoms with Crippen LogP contribution >= 0.6 is 11.3 Å². The van der Waals surface area contributed by atoms with Gasteiger partial charge in [-0.05, 0) is 26.0 Å². The Morgan fingerprint density at radius 3 is 2.87 bits per heavy atom. The number of aromatic nitrogens is 1. The highest BCUT2D eigenvalue weighted by atomic mass is 32.1. The molecule has 80 valence electrons. The normalized spacial score (nSPS) is 13.0. The van der Waals surface area contributed by atoms with Gasteiger partial charge in [-0.2, -0.15) is 0 Å². The van der Waals surface area contributed by atoms with Crippen LogP contribution in [0.5, 0.6) is 0 Å². The molecule has 0 aliphatic heterocycles. The number of aliphatic hydroxyl groups excluding tert-OH is 1. The number of aryl methyl sites for hydroxylation is 2. The van der Waals surface area contributed by atoms with Crippen LogP contribution in [0.1, 0.15) is 27.4 Å². The molecule has 2 rings (SSSR count). The maximum Gasteiger partial charge on any atom is 0.132 e. The third kappa shape index (κ3) is 2.27. The first-order valence-corrected chi connectivity index (χ1v) is 5.63. The molecule has 1 atom stereocenters. The van der Waals surface area contributed by atoms with Crippen LogP contribution in [-0.2, 0) is 6.42 Å². The van der Waals surface area contributed by atoms with Gasteiger partial charge in [0.25, 0.3) is 0 Å². The summed E-state index contributed by atoms with van der Waals surface area (Å²) in [7, 11) is 0. The second-order valence-electron chi connectivity index (χ2n) is 3.48. The number of rotatable bonds is 3. The molecule has 0 saturated heterocycles. The van der Waals surface area contributed by atoms with Gasteiger partial charge in [-0.3, -0.25) is 0 Å². The average Bonchev–Trinajstić information content (AvgIpc) is 2.77. The fraction of sp³-hybridized carbons (Fsp3) is 0.364. The summed E-state index contributed by atoms with van der Waals surface area (Å²) in [5.41, 5.74) is 1.04. The molecule has 0 fully saturated rings. The fourth-order valence-electron chi connectivity index (χ4n) is 1.37. The van der Waals surface area contributed by atoms with Crippen LogP contribution in [0.3, 0.4) is 0 Å². The summed E-state index contributed by atoms with van der Waals surface area (Å²) in [6, 6.07) is 3.55. The molecule has 4 heteroatoms. The summed E-state index contributed by atoms with van der Waals surface area (Å²) < 4.78 is 5.13. The molecule has 2 aromatic heterocycles. The van der Waals surface area contributed by atoms with Crippen molar-refractivity contribution in [3.63, 3.8) is 0 Å². The Morgan fingerprint density at radius 1 is 1.53 bits per heavy atom. The first kappa shape index (κ1) is 10.4. The first-order chi connectivity index (χ1) is 7.16. The molecule has 0 saturated carbocycles. The minimum absolute atomic E-state index is 0.521. The van der Waals surface area contributed by atoms with Crippen molar-refractivity contribution in [1.82, 2.24) is 4.98 Å². The van der Waals surface area contributed by atoms with Crippen molar-refractivity contribution < 1.29 is 9.52 Å². The van der Waals surface area contributed by atoms with Crippen LogP contribution in [0.2, 0.25) is 0 Å². The van der Waals surface area contributed by atoms with E-state index in [4.69, 9.17) is 4.42 Å². The summed E-state index contributed by atoms with van der Waals surface area (Å²) in [4.78, 5) is 5.58. The van der Waals surface area contributed by atoms with Gasteiger partial charge in [0.15, 0.2) is 0 Å². The number of nitrogens with zero attached hydrogens (tertiary/aromatic N) is 1. The molecular weight excluding hydrogens is 210 g/mol. The van der Waals surface area contributed by atoms with E-state index in [0.29, 0.717) is 12.2 Å². The van der Waals surface area contributed by atoms with Gasteiger partial charge >= 0.3 is 0 Å². The molecule has 0 amide bonds. The molecular formula is C11H13NO2S. The topological polar surface area (TPSA) is 46.3 Å². The summed E-state index contributed by atoms with van der Waals surface area (Å²) >= 11 is 1.63. The van der Waals surface area contributed by atoms with Crippen LogP contribution in [0.15, 0.2) is 22.8 Å². The maximum absolute atomic E-state index is 9.84. The molecule has 0 spiro atoms. The Balaban J connectivity index is 2.09. The van der Waals surface area contributed by atoms with Crippen molar-refractivity contribution in [3.8, 4) is 0 Å². The van der Waals surface area contributed by atoms with E-state index in [1.54, 1.807) is 29.7 Å². The van der Waals surface area contributed by atoms with Gasteiger partial charge in [-0.15, -0.1) is 11.3 Å². The van der Waals surface area contributed by atoms with Crippen LogP contribution in [0, 0.1) is 13.8 Å². The van der Waals surface area contributed by atoms with Gasteiger partial charge in [0, 0.05) is 11.3 Å². The summed E-state index contributed by atoms with van der Waals surface area (Å²) in [5, 5.41) is 10.8. The Hall–Kier alpha value is -1.13. The van der Waals surface area contributed by atoms with Crippen LogP contribution in [0.25, 0.3) is 0 Å². The second kappa shape index (κ2) is 4.16. The van der Waals surface area contributed by atoms with Crippen LogP contribution < -0.4 is 0 Å². The molecule has 0 radical (unpaired) electrons. The molecule has 1 unspecified atom stereocenters. The summed E-state index contributed by atoms with van der Waals surface area (Å²) in [5.74, 6) is 0.598. The minimum Gasteiger partial charge on any atom is -0.467 e. The predicted octanol–water partition coefficient (Wildman–Crippen LogP) is 2.63. The van der Waals surface area contributed by atoms with E-state index >= 15 is 0 Å². The third-order valence-corrected chi connectivity index (χ3v) is 3.41. The lowest BCUT2D eigenvalue weighted by Crippen LogP contribution is -1.99. The molecule has 0 aliphatic carbocycles. The first-order valence-electron chi connectivity index (χ1n) is 4.81. The van der Waals surface area contributed by atoms with Gasteiger partial charge in [-0.25, -0.2) is 4.98 Å². The molecule has 2 heterocycles. The number of furan rings is 1. The number of hydrogen-bond donors (Lipinski definition) is 1. The standard InChI is InChI=1S/C11H13NO2S/c1-7-8(2)15-11(12-7)6-9(13)10-4-3-5-14-10/h3-5,9,13H,6H2,1-2H3. The Kier molecular flexibility index (Phi) is 2.88. The fourth-order valence-corrected chi connectivity index (χ4v) is 2.34. The highest BCUT2D eigenvalue weighted by molar-refractivity contribution is 7.11. The Labute approximate surface area is 92.4 Å². The lowest BCUT2D eigenvalue weighted by atomic mass is 10.2. The van der Waals surface area contributed by atoms with E-state index in [9.17, 15) is 5.11 Å². The average molecular weight is 223 g/mol. The number of aliphatic hydroxyl groups is 1. The summed E-state index contributed by atoms with van der Waals surface area (Å²) in [6.07, 6.45) is 1.49. The van der Waals surface area contributed by atoms with Crippen molar-refractivity contribution >= 4 is 11.3 Å². The second-order valence-corrected chi connectivity index (χ2v) is 4.77. The van der Waals surface area contributed by atoms with Crippen LogP contribution in [0.4, 0.5) is 0 Å². The van der Waals surface area contributed by atoms with Gasteiger partial charge < -0.3 is 9.52 Å². The lowest BCUT2D eigenvalue weighted by molar-refractivity contribution is 0.150. The molecule has 2 aromatic rings. The van der Waals surface area contributed by atoms with Crippen molar-refractivity contribution in [2.24, 2.45) is 0 Å². The van der Waals surface area contributed by atoms with Crippen molar-refractivity contribution in [1.29, 1.82) is 0 Å². The largest absolute Gasteiger partial charge is 0.467 e. The van der Waals surface area contributed by atoms with E-state index in [1.807, 2.05) is 13.8 Å². The minimum atomic E-state index is -0.593. The van der Waals surface area contributed by atoms with E-state index in [-0.39, 0.29) is 0 Å². The van der Waals surface area contributed by atoms with E-state index in [2.05, 4.69) is 4.98 Å². The molecule has 0 aliphatic rings. The molecule has 15 heavy (non-hydrogen) atoms. The highest BCUT2D eigenvalue weighted by Gasteiger charge is 2.14. The quantitative estimate of drug-likeness (QED) is 0.870. The predicted molar refractivity (Wildman–Crippen MR) is 59.0 cm³/mol. The molecule has 0 aromatic carbocycles. The number of hydrogen-bond acceptors (Lipinski definition) is 4. The highest BCUT2D eigenvalue weighted by Crippen LogP contribution is 2.23. The molecule has 3 nitrogen and oxygen atoms in total. The van der Waals surface area contributed by atoms with Crippen molar-refractivity contribution in [3.05, 3.63) is 39.7 Å². The van der Waals surface area contributed by atoms with Gasteiger partial charge in [0.2, 0.25) is 0 Å². The smallest absolute Gasteiger partial charge is 0.132 e. The zero-order valence-electron chi connectivity index (χ0n) is 8.73. The van der Waals surface area contributed by atoms with Crippen LogP contribution in [-0.4, -0.2) is 10.1 Å². The lowest BCUT2D eigenvalue weighted by Gasteiger charge is -2.03. The maximum atomic E-state index is 9.84. The van der Waals surface area contributed by atoms with Gasteiger partial charge in [-0.1, -0.05) is 0 Å². The zero-order valence-corrected chi connectivity index (χ0v) is 9.54. The summed E-state index contributed by atoms with van der Waals surface area (Å²) in [6.45, 7) is 4.02. The Bertz CT molecular complexity index is 414. The molecule has 0 bridgehead atoms. The van der Waals surface area contributed by atoms with Crippen molar-refractivity contribution in [2.45, 2.75) is 26.4 Å². The zero-order chi connectivity index (χ0) is 10.8. The Morgan fingerprint density at radius 2 is 2.33 bits per heavy atom. The van der Waals surface area contributed by atoms with Gasteiger partial charge in [0.1, 0.15) is 11.9 Å². The van der Waals surface area contributed by atoms with E-state index in [0.717, 1.165) is 10.7 Å². The number of thiazole rings is 1. The van der Waals surface area contributed by atoms with E-state index < -0.39 is 6.10 Å². The third-order valence-electron chi connectivity index (χ3n) is 2.31. The SMILES string of the molecule is Cc1nc(CC(O)c2ccco2)sc1C. The van der Waals surface area contributed by atoms with Gasteiger partial charge in [0.05, 0.1) is 17.0 Å². The van der Waals surface area contributed by atoms with E-state index in [1.165, 1.54) is 4.88 Å². The molecule has 1 N–H and O–H groups in total. The monoisotopic (exact) mass is 223 g/mol.